The van der Waals surface area contributed by atoms with E-state index in [0.29, 0.717) is 127 Å². The first kappa shape index (κ1) is 89.5. The molecule has 638 valence electrons. The quantitative estimate of drug-likeness (QED) is 0.0508. The third-order valence-electron chi connectivity index (χ3n) is 20.9. The molecule has 34 heteroatoms. The van der Waals surface area contributed by atoms with Gasteiger partial charge in [0.15, 0.2) is 69.0 Å². The Bertz CT molecular complexity index is 6150. The van der Waals surface area contributed by atoms with Gasteiger partial charge in [0.1, 0.15) is 40.7 Å². The Morgan fingerprint density at radius 1 is 0.304 bits per heavy atom. The first-order valence-corrected chi connectivity index (χ1v) is 40.1. The Labute approximate surface area is 725 Å². The number of anilines is 4. The summed E-state index contributed by atoms with van der Waals surface area (Å²) in [4.78, 5) is 113. The van der Waals surface area contributed by atoms with Crippen molar-refractivity contribution in [1.82, 2.24) is 64.8 Å². The molecular weight excluding hydrogens is 1690 g/mol. The van der Waals surface area contributed by atoms with Crippen LogP contribution in [0, 0.1) is 58.2 Å². The fraction of sp³-hybridized carbons (Fsp3) is 0.220. The number of hydrogen-bond donors (Lipinski definition) is 0. The Balaban J connectivity index is 0.000000143. The fourth-order valence-corrected chi connectivity index (χ4v) is 14.8. The van der Waals surface area contributed by atoms with E-state index >= 15 is 0 Å². The van der Waals surface area contributed by atoms with Crippen molar-refractivity contribution in [3.63, 3.8) is 0 Å². The van der Waals surface area contributed by atoms with Gasteiger partial charge in [0, 0.05) is 131 Å². The van der Waals surface area contributed by atoms with Gasteiger partial charge in [0.05, 0.1) is 123 Å². The Kier molecular flexibility index (Phi) is 29.2. The molecule has 0 saturated carbocycles. The molecule has 0 saturated heterocycles. The van der Waals surface area contributed by atoms with E-state index in [1.54, 1.807) is 72.4 Å². The van der Waals surface area contributed by atoms with Crippen LogP contribution >= 0.6 is 34.8 Å². The van der Waals surface area contributed by atoms with Crippen molar-refractivity contribution in [3.05, 3.63) is 347 Å². The zero-order valence-electron chi connectivity index (χ0n) is 67.3. The van der Waals surface area contributed by atoms with Crippen LogP contribution in [0.15, 0.2) is 206 Å². The third-order valence-corrected chi connectivity index (χ3v) is 21.9. The van der Waals surface area contributed by atoms with Gasteiger partial charge in [0.2, 0.25) is 0 Å². The molecule has 4 aromatic carbocycles. The van der Waals surface area contributed by atoms with Crippen molar-refractivity contribution in [2.24, 2.45) is 0 Å². The van der Waals surface area contributed by atoms with E-state index in [2.05, 4.69) is 76.6 Å². The monoisotopic (exact) mass is 1760 g/mol. The molecule has 0 unspecified atom stereocenters. The van der Waals surface area contributed by atoms with Crippen LogP contribution in [0.3, 0.4) is 0 Å². The number of pyridine rings is 3. The molecule has 4 aliphatic rings. The van der Waals surface area contributed by atoms with Crippen LogP contribution in [0.2, 0.25) is 15.2 Å². The number of carbonyl (C=O) groups is 4. The van der Waals surface area contributed by atoms with Gasteiger partial charge in [-0.05, 0) is 142 Å². The number of Topliss-reactive ketones (excluding diaryl/α,β-unsaturated/α-hetero) is 4. The maximum atomic E-state index is 14.2. The lowest BCUT2D eigenvalue weighted by atomic mass is 9.99. The summed E-state index contributed by atoms with van der Waals surface area (Å²) < 4.78 is 137. The number of hydrogen-bond acceptors (Lipinski definition) is 21. The highest BCUT2D eigenvalue weighted by Crippen LogP contribution is 2.36. The molecule has 0 N–H and O–H groups in total. The second-order valence-corrected chi connectivity index (χ2v) is 30.6. The van der Waals surface area contributed by atoms with E-state index in [-0.39, 0.29) is 70.3 Å². The van der Waals surface area contributed by atoms with E-state index < -0.39 is 81.5 Å². The molecule has 0 fully saturated rings. The maximum absolute atomic E-state index is 14.2. The minimum absolute atomic E-state index is 0.0419. The SMILES string of the molecule is CC1=C(c2cnc(CC(=O)c3c(F)cc(F)cc3F)cn2)CN(c2ncccc2F)CC1.CC1=C(c2cnc(CC(=O)c3c(F)cccc3F)cn2)CN(c2ncc(F)cc2F)CC1.CC1=C(c2cnc(CC(=O)c3cc(F)ccc3Cl)cn2)CN(c2ncccc2F)CC1.CC1=C(c2cnc(CC(=O)c3ccccc3Cl)cn2)CN(c2nccnc2Cl)CC1. The highest BCUT2D eigenvalue weighted by atomic mass is 35.5. The average molecular weight is 1770 g/mol. The predicted molar refractivity (Wildman–Crippen MR) is 453 cm³/mol. The summed E-state index contributed by atoms with van der Waals surface area (Å²) in [6.07, 6.45) is 21.8. The van der Waals surface area contributed by atoms with Crippen molar-refractivity contribution in [1.29, 1.82) is 0 Å². The summed E-state index contributed by atoms with van der Waals surface area (Å²) in [5.41, 5.74) is 11.5. The largest absolute Gasteiger partial charge is 0.349 e. The molecule has 0 atom stereocenters. The molecule has 0 radical (unpaired) electrons. The zero-order chi connectivity index (χ0) is 88.7. The zero-order valence-corrected chi connectivity index (χ0v) is 69.6. The minimum atomic E-state index is -1.26. The molecule has 16 rings (SSSR count). The van der Waals surface area contributed by atoms with E-state index in [4.69, 9.17) is 34.8 Å². The normalized spacial score (nSPS) is 14.1. The Hall–Kier alpha value is -13.3. The van der Waals surface area contributed by atoms with Crippen LogP contribution in [0.1, 0.15) is 140 Å². The van der Waals surface area contributed by atoms with E-state index in [1.807, 2.05) is 30.6 Å². The van der Waals surface area contributed by atoms with Gasteiger partial charge in [0.25, 0.3) is 0 Å². The molecule has 125 heavy (non-hydrogen) atoms. The van der Waals surface area contributed by atoms with Gasteiger partial charge < -0.3 is 19.6 Å². The fourth-order valence-electron chi connectivity index (χ4n) is 14.1. The highest BCUT2D eigenvalue weighted by molar-refractivity contribution is 6.34. The van der Waals surface area contributed by atoms with Gasteiger partial charge in [-0.3, -0.25) is 59.0 Å². The summed E-state index contributed by atoms with van der Waals surface area (Å²) in [6, 6.07) is 21.5. The molecule has 8 aromatic heterocycles. The Morgan fingerprint density at radius 3 is 1.06 bits per heavy atom. The van der Waals surface area contributed by atoms with E-state index in [9.17, 15) is 63.1 Å². The molecule has 12 aromatic rings. The second kappa shape index (κ2) is 40.8. The lowest BCUT2D eigenvalue weighted by Gasteiger charge is -2.30. The summed E-state index contributed by atoms with van der Waals surface area (Å²) in [6.45, 7) is 12.4. The summed E-state index contributed by atoms with van der Waals surface area (Å²) in [7, 11) is 0. The lowest BCUT2D eigenvalue weighted by molar-refractivity contribution is 0.0974. The summed E-state index contributed by atoms with van der Waals surface area (Å²) in [5.74, 6) is -9.00. The lowest BCUT2D eigenvalue weighted by Crippen LogP contribution is -2.32. The molecule has 0 bridgehead atoms. The number of carbonyl (C=O) groups excluding carboxylic acids is 4. The minimum Gasteiger partial charge on any atom is -0.349 e. The predicted octanol–water partition coefficient (Wildman–Crippen LogP) is 18.7. The average Bonchev–Trinajstić information content (AvgIpc) is 0.815. The highest BCUT2D eigenvalue weighted by Gasteiger charge is 2.30. The second-order valence-electron chi connectivity index (χ2n) is 29.4. The van der Waals surface area contributed by atoms with E-state index in [1.165, 1.54) is 79.2 Å². The first-order chi connectivity index (χ1) is 60.1. The molecular formula is C91H74Cl3F10N17O4. The van der Waals surface area contributed by atoms with Crippen LogP contribution < -0.4 is 19.6 Å². The van der Waals surface area contributed by atoms with Gasteiger partial charge in [-0.25, -0.2) is 68.8 Å². The van der Waals surface area contributed by atoms with Crippen LogP contribution in [0.4, 0.5) is 67.2 Å². The number of halogens is 13. The Morgan fingerprint density at radius 2 is 0.664 bits per heavy atom. The van der Waals surface area contributed by atoms with Crippen molar-refractivity contribution >= 4 is 103 Å². The topological polar surface area (TPSA) is 249 Å². The summed E-state index contributed by atoms with van der Waals surface area (Å²) >= 11 is 18.3. The smallest absolute Gasteiger partial charge is 0.174 e. The third kappa shape index (κ3) is 22.2. The maximum Gasteiger partial charge on any atom is 0.174 e. The van der Waals surface area contributed by atoms with Gasteiger partial charge in [-0.2, -0.15) is 0 Å². The summed E-state index contributed by atoms with van der Waals surface area (Å²) in [5, 5.41) is 1.02. The van der Waals surface area contributed by atoms with Crippen molar-refractivity contribution in [2.45, 2.75) is 79.1 Å². The molecule has 4 aliphatic heterocycles. The van der Waals surface area contributed by atoms with E-state index in [0.717, 1.165) is 94.6 Å². The van der Waals surface area contributed by atoms with Crippen LogP contribution in [0.5, 0.6) is 0 Å². The molecule has 0 amide bonds. The van der Waals surface area contributed by atoms with Crippen LogP contribution in [0.25, 0.3) is 22.3 Å². The standard InChI is InChI=1S/C23H19ClF2N4O.2C23H18F4N4O.C22H19Cl2N5O/c1-14-6-8-30(23-20(26)3-2-7-27-23)13-18(14)21-12-28-16(11-29-21)10-22(31)17-9-15(25)4-5-19(17)24;1-13-4-6-31(23-17(25)3-2-5-28-23)12-16(13)20-11-29-15(10-30-20)9-21(32)22-18(26)7-14(24)8-19(22)27;1-13-5-6-31(23-19(27)7-14(24)9-30-23)12-16(13)20-11-28-15(10-29-20)8-21(32)22-17(25)3-2-4-18(22)26;1-14-6-9-29(22-21(24)25-7-8-26-22)13-17(14)19-12-27-15(11-28-19)10-20(30)16-4-2-3-5-18(16)23/h2-5,7,9,11-12H,6,8,10,13H2,1H3;2-3,5,7-8,10-11H,4,6,9,12H2,1H3;2-4,7,9-11H,5-6,8,12H2,1H3;2-5,7-8,11-12H,6,9-10,13H2,1H3. The molecule has 0 spiro atoms. The number of rotatable bonds is 20. The van der Waals surface area contributed by atoms with Gasteiger partial charge in [-0.15, -0.1) is 0 Å². The molecule has 21 nitrogen and oxygen atoms in total. The van der Waals surface area contributed by atoms with Crippen molar-refractivity contribution < 1.29 is 63.1 Å². The first-order valence-electron chi connectivity index (χ1n) is 39.0. The van der Waals surface area contributed by atoms with Gasteiger partial charge >= 0.3 is 0 Å². The van der Waals surface area contributed by atoms with Crippen molar-refractivity contribution in [3.8, 4) is 0 Å². The van der Waals surface area contributed by atoms with Gasteiger partial charge in [-0.1, -0.05) is 75.3 Å². The molecule has 12 heterocycles. The molecule has 0 aliphatic carbocycles. The van der Waals surface area contributed by atoms with Crippen molar-refractivity contribution in [2.75, 3.05) is 72.0 Å². The number of ketones is 4. The number of nitrogens with zero attached hydrogens (tertiary/aromatic N) is 17. The number of benzene rings is 4. The van der Waals surface area contributed by atoms with Crippen LogP contribution in [-0.4, -0.2) is 140 Å². The number of aromatic nitrogens is 13. The van der Waals surface area contributed by atoms with Crippen LogP contribution in [-0.2, 0) is 25.7 Å².